The van der Waals surface area contributed by atoms with Crippen molar-refractivity contribution in [1.29, 1.82) is 0 Å². The lowest BCUT2D eigenvalue weighted by Crippen LogP contribution is -2.34. The SMILES string of the molecule is CC1CCCN(c2cccnc2)C1. The third kappa shape index (κ3) is 2.00. The number of nitrogens with zero attached hydrogens (tertiary/aromatic N) is 2. The van der Waals surface area contributed by atoms with Crippen LogP contribution in [0.1, 0.15) is 19.8 Å². The third-order valence-electron chi connectivity index (χ3n) is 2.67. The van der Waals surface area contributed by atoms with Crippen molar-refractivity contribution in [1.82, 2.24) is 4.98 Å². The quantitative estimate of drug-likeness (QED) is 0.652. The van der Waals surface area contributed by atoms with E-state index in [1.165, 1.54) is 31.6 Å². The topological polar surface area (TPSA) is 16.1 Å². The van der Waals surface area contributed by atoms with Gasteiger partial charge in [-0.15, -0.1) is 0 Å². The Morgan fingerprint density at radius 3 is 3.15 bits per heavy atom. The van der Waals surface area contributed by atoms with Gasteiger partial charge in [0.2, 0.25) is 0 Å². The van der Waals surface area contributed by atoms with E-state index < -0.39 is 0 Å². The Hall–Kier alpha value is -1.05. The molecule has 0 aliphatic carbocycles. The lowest BCUT2D eigenvalue weighted by atomic mass is 10.00. The first-order valence-electron chi connectivity index (χ1n) is 5.01. The molecule has 1 aliphatic heterocycles. The molecule has 1 unspecified atom stereocenters. The molecule has 1 fully saturated rings. The van der Waals surface area contributed by atoms with E-state index in [0.717, 1.165) is 5.92 Å². The molecule has 1 saturated heterocycles. The van der Waals surface area contributed by atoms with Gasteiger partial charge in [-0.1, -0.05) is 6.92 Å². The molecule has 2 heterocycles. The molecule has 0 saturated carbocycles. The summed E-state index contributed by atoms with van der Waals surface area (Å²) in [6.07, 6.45) is 6.47. The van der Waals surface area contributed by atoms with Crippen LogP contribution in [0.3, 0.4) is 0 Å². The molecule has 0 N–H and O–H groups in total. The Kier molecular flexibility index (Phi) is 2.48. The highest BCUT2D eigenvalue weighted by molar-refractivity contribution is 5.43. The summed E-state index contributed by atoms with van der Waals surface area (Å²) in [4.78, 5) is 6.57. The summed E-state index contributed by atoms with van der Waals surface area (Å²) in [6.45, 7) is 4.70. The molecule has 0 spiro atoms. The van der Waals surface area contributed by atoms with Crippen LogP contribution in [-0.2, 0) is 0 Å². The summed E-state index contributed by atoms with van der Waals surface area (Å²) in [6, 6.07) is 4.15. The van der Waals surface area contributed by atoms with E-state index in [0.29, 0.717) is 0 Å². The van der Waals surface area contributed by atoms with Crippen molar-refractivity contribution in [2.24, 2.45) is 5.92 Å². The second kappa shape index (κ2) is 3.77. The highest BCUT2D eigenvalue weighted by Gasteiger charge is 2.15. The van der Waals surface area contributed by atoms with Crippen molar-refractivity contribution in [2.75, 3.05) is 18.0 Å². The maximum absolute atomic E-state index is 4.14. The number of pyridine rings is 1. The Bertz CT molecular complexity index is 258. The number of anilines is 1. The minimum atomic E-state index is 0.828. The van der Waals surface area contributed by atoms with E-state index in [4.69, 9.17) is 0 Å². The van der Waals surface area contributed by atoms with Crippen LogP contribution in [0, 0.1) is 5.92 Å². The molecule has 2 heteroatoms. The van der Waals surface area contributed by atoms with Crippen LogP contribution in [0.2, 0.25) is 0 Å². The first kappa shape index (κ1) is 8.54. The van der Waals surface area contributed by atoms with Crippen LogP contribution in [0.15, 0.2) is 24.5 Å². The van der Waals surface area contributed by atoms with Gasteiger partial charge in [0.1, 0.15) is 0 Å². The van der Waals surface area contributed by atoms with Crippen LogP contribution in [0.25, 0.3) is 0 Å². The number of hydrogen-bond donors (Lipinski definition) is 0. The van der Waals surface area contributed by atoms with Gasteiger partial charge in [-0.2, -0.15) is 0 Å². The molecule has 70 valence electrons. The van der Waals surface area contributed by atoms with Gasteiger partial charge in [0.05, 0.1) is 11.9 Å². The van der Waals surface area contributed by atoms with Crippen molar-refractivity contribution < 1.29 is 0 Å². The van der Waals surface area contributed by atoms with Gasteiger partial charge in [0.25, 0.3) is 0 Å². The van der Waals surface area contributed by atoms with Gasteiger partial charge in [0, 0.05) is 19.3 Å². The average Bonchev–Trinajstić information content (AvgIpc) is 2.19. The van der Waals surface area contributed by atoms with E-state index in [1.54, 1.807) is 0 Å². The molecule has 0 aromatic carbocycles. The first-order valence-corrected chi connectivity index (χ1v) is 5.01. The number of aromatic nitrogens is 1. The zero-order valence-corrected chi connectivity index (χ0v) is 8.11. The normalized spacial score (nSPS) is 23.2. The molecule has 2 nitrogen and oxygen atoms in total. The first-order chi connectivity index (χ1) is 6.36. The lowest BCUT2D eigenvalue weighted by Gasteiger charge is -2.32. The summed E-state index contributed by atoms with van der Waals surface area (Å²) in [5.41, 5.74) is 1.27. The van der Waals surface area contributed by atoms with Crippen molar-refractivity contribution >= 4 is 5.69 Å². The van der Waals surface area contributed by atoms with Crippen LogP contribution in [0.5, 0.6) is 0 Å². The van der Waals surface area contributed by atoms with E-state index >= 15 is 0 Å². The number of hydrogen-bond acceptors (Lipinski definition) is 2. The summed E-state index contributed by atoms with van der Waals surface area (Å²) >= 11 is 0. The Labute approximate surface area is 79.6 Å². The number of piperidine rings is 1. The molecule has 1 aliphatic rings. The highest BCUT2D eigenvalue weighted by Crippen LogP contribution is 2.21. The average molecular weight is 176 g/mol. The lowest BCUT2D eigenvalue weighted by molar-refractivity contribution is 0.446. The minimum absolute atomic E-state index is 0.828. The predicted octanol–water partition coefficient (Wildman–Crippen LogP) is 2.32. The van der Waals surface area contributed by atoms with Gasteiger partial charge in [-0.05, 0) is 30.9 Å². The van der Waals surface area contributed by atoms with Gasteiger partial charge in [-0.3, -0.25) is 4.98 Å². The van der Waals surface area contributed by atoms with E-state index in [9.17, 15) is 0 Å². The number of rotatable bonds is 1. The Morgan fingerprint density at radius 2 is 2.46 bits per heavy atom. The molecular formula is C11H16N2. The van der Waals surface area contributed by atoms with Crippen LogP contribution >= 0.6 is 0 Å². The molecule has 13 heavy (non-hydrogen) atoms. The fraction of sp³-hybridized carbons (Fsp3) is 0.545. The molecule has 2 rings (SSSR count). The van der Waals surface area contributed by atoms with Gasteiger partial charge in [0.15, 0.2) is 0 Å². The molecule has 1 aromatic rings. The van der Waals surface area contributed by atoms with E-state index in [-0.39, 0.29) is 0 Å². The maximum atomic E-state index is 4.14. The maximum Gasteiger partial charge on any atom is 0.0552 e. The predicted molar refractivity (Wildman–Crippen MR) is 54.8 cm³/mol. The highest BCUT2D eigenvalue weighted by atomic mass is 15.1. The second-order valence-electron chi connectivity index (χ2n) is 3.90. The fourth-order valence-corrected chi connectivity index (χ4v) is 1.96. The Balaban J connectivity index is 2.08. The Morgan fingerprint density at radius 1 is 1.54 bits per heavy atom. The van der Waals surface area contributed by atoms with E-state index in [1.807, 2.05) is 18.5 Å². The van der Waals surface area contributed by atoms with Crippen LogP contribution in [-0.4, -0.2) is 18.1 Å². The van der Waals surface area contributed by atoms with Gasteiger partial charge >= 0.3 is 0 Å². The van der Waals surface area contributed by atoms with E-state index in [2.05, 4.69) is 22.9 Å². The molecule has 0 radical (unpaired) electrons. The zero-order valence-electron chi connectivity index (χ0n) is 8.11. The monoisotopic (exact) mass is 176 g/mol. The summed E-state index contributed by atoms with van der Waals surface area (Å²) in [7, 11) is 0. The standard InChI is InChI=1S/C11H16N2/c1-10-4-3-7-13(9-10)11-5-2-6-12-8-11/h2,5-6,8,10H,3-4,7,9H2,1H3. The fourth-order valence-electron chi connectivity index (χ4n) is 1.96. The van der Waals surface area contributed by atoms with Crippen molar-refractivity contribution in [3.63, 3.8) is 0 Å². The molecule has 1 atom stereocenters. The summed E-state index contributed by atoms with van der Waals surface area (Å²) in [5, 5.41) is 0. The van der Waals surface area contributed by atoms with Crippen LogP contribution < -0.4 is 4.90 Å². The van der Waals surface area contributed by atoms with Gasteiger partial charge in [-0.25, -0.2) is 0 Å². The zero-order chi connectivity index (χ0) is 9.10. The van der Waals surface area contributed by atoms with Gasteiger partial charge < -0.3 is 4.90 Å². The molecule has 0 bridgehead atoms. The smallest absolute Gasteiger partial charge is 0.0552 e. The second-order valence-corrected chi connectivity index (χ2v) is 3.90. The molecule has 0 amide bonds. The molecule has 1 aromatic heterocycles. The minimum Gasteiger partial charge on any atom is -0.370 e. The van der Waals surface area contributed by atoms with Crippen molar-refractivity contribution in [3.8, 4) is 0 Å². The van der Waals surface area contributed by atoms with Crippen molar-refractivity contribution in [2.45, 2.75) is 19.8 Å². The third-order valence-corrected chi connectivity index (χ3v) is 2.67. The largest absolute Gasteiger partial charge is 0.370 e. The molecular weight excluding hydrogens is 160 g/mol. The van der Waals surface area contributed by atoms with Crippen molar-refractivity contribution in [3.05, 3.63) is 24.5 Å². The summed E-state index contributed by atoms with van der Waals surface area (Å²) < 4.78 is 0. The van der Waals surface area contributed by atoms with Crippen LogP contribution in [0.4, 0.5) is 5.69 Å². The summed E-state index contributed by atoms with van der Waals surface area (Å²) in [5.74, 6) is 0.828.